The minimum absolute atomic E-state index is 0.186. The molecule has 214 valence electrons. The Kier molecular flexibility index (Phi) is 8.50. The molecule has 0 aliphatic carbocycles. The van der Waals surface area contributed by atoms with Crippen LogP contribution in [0.15, 0.2) is 115 Å². The van der Waals surface area contributed by atoms with Gasteiger partial charge < -0.3 is 25.5 Å². The predicted molar refractivity (Wildman–Crippen MR) is 165 cm³/mol. The van der Waals surface area contributed by atoms with E-state index in [9.17, 15) is 19.5 Å². The van der Waals surface area contributed by atoms with Crippen LogP contribution in [0.1, 0.15) is 13.8 Å². The van der Waals surface area contributed by atoms with Gasteiger partial charge in [0.25, 0.3) is 5.91 Å². The average molecular weight is 564 g/mol. The lowest BCUT2D eigenvalue weighted by Gasteiger charge is -2.32. The van der Waals surface area contributed by atoms with Gasteiger partial charge in [-0.3, -0.25) is 14.5 Å². The monoisotopic (exact) mass is 563 g/mol. The summed E-state index contributed by atoms with van der Waals surface area (Å²) in [4.78, 5) is 45.8. The van der Waals surface area contributed by atoms with Crippen molar-refractivity contribution in [3.05, 3.63) is 115 Å². The first-order chi connectivity index (χ1) is 20.3. The molecule has 3 N–H and O–H groups in total. The van der Waals surface area contributed by atoms with Crippen molar-refractivity contribution >= 4 is 46.3 Å². The summed E-state index contributed by atoms with van der Waals surface area (Å²) < 4.78 is 0. The number of anilines is 5. The summed E-state index contributed by atoms with van der Waals surface area (Å²) >= 11 is 0. The summed E-state index contributed by atoms with van der Waals surface area (Å²) in [6, 6.07) is 32.0. The molecular formula is C33H33N5O4. The SMILES string of the molecule is CC(C)N(C(=O)CN1C(=O)C(NC(=O)Nc2ccccc2)C(O)N(c2ccccc2)c2ccccc21)c1ccccc1. The minimum Gasteiger partial charge on any atom is -0.370 e. The Labute approximate surface area is 245 Å². The van der Waals surface area contributed by atoms with Crippen LogP contribution in [0.3, 0.4) is 0 Å². The Bertz CT molecular complexity index is 1530. The van der Waals surface area contributed by atoms with Gasteiger partial charge in [-0.15, -0.1) is 0 Å². The van der Waals surface area contributed by atoms with E-state index < -0.39 is 24.2 Å². The molecule has 42 heavy (non-hydrogen) atoms. The van der Waals surface area contributed by atoms with Crippen molar-refractivity contribution in [2.24, 2.45) is 0 Å². The van der Waals surface area contributed by atoms with E-state index in [0.717, 1.165) is 0 Å². The molecule has 1 aliphatic rings. The third-order valence-corrected chi connectivity index (χ3v) is 6.99. The Balaban J connectivity index is 1.55. The molecule has 0 saturated heterocycles. The number of hydrogen-bond acceptors (Lipinski definition) is 5. The maximum Gasteiger partial charge on any atom is 0.320 e. The molecule has 0 saturated carbocycles. The van der Waals surface area contributed by atoms with E-state index in [1.54, 1.807) is 58.3 Å². The summed E-state index contributed by atoms with van der Waals surface area (Å²) in [6.07, 6.45) is -1.49. The highest BCUT2D eigenvalue weighted by atomic mass is 16.3. The lowest BCUT2D eigenvalue weighted by atomic mass is 10.1. The molecule has 1 heterocycles. The zero-order chi connectivity index (χ0) is 29.6. The van der Waals surface area contributed by atoms with E-state index in [0.29, 0.717) is 28.4 Å². The number of aliphatic hydroxyl groups excluding tert-OH is 1. The minimum atomic E-state index is -1.49. The summed E-state index contributed by atoms with van der Waals surface area (Å²) in [5.41, 5.74) is 2.79. The van der Waals surface area contributed by atoms with Crippen molar-refractivity contribution < 1.29 is 19.5 Å². The summed E-state index contributed by atoms with van der Waals surface area (Å²) in [7, 11) is 0. The van der Waals surface area contributed by atoms with E-state index in [2.05, 4.69) is 10.6 Å². The number of nitrogens with zero attached hydrogens (tertiary/aromatic N) is 3. The number of fused-ring (bicyclic) bond motifs is 1. The number of benzene rings is 4. The van der Waals surface area contributed by atoms with Crippen LogP contribution in [0.2, 0.25) is 0 Å². The van der Waals surface area contributed by atoms with E-state index in [1.165, 1.54) is 4.90 Å². The van der Waals surface area contributed by atoms with Gasteiger partial charge in [-0.05, 0) is 62.4 Å². The number of hydrogen-bond donors (Lipinski definition) is 3. The van der Waals surface area contributed by atoms with Crippen molar-refractivity contribution in [3.8, 4) is 0 Å². The molecule has 9 heteroatoms. The number of urea groups is 1. The van der Waals surface area contributed by atoms with E-state index in [1.807, 2.05) is 80.6 Å². The highest BCUT2D eigenvalue weighted by molar-refractivity contribution is 6.10. The van der Waals surface area contributed by atoms with Crippen molar-refractivity contribution in [3.63, 3.8) is 0 Å². The quantitative estimate of drug-likeness (QED) is 0.290. The molecule has 4 aromatic rings. The fraction of sp³-hybridized carbons (Fsp3) is 0.182. The van der Waals surface area contributed by atoms with Crippen LogP contribution in [-0.2, 0) is 9.59 Å². The highest BCUT2D eigenvalue weighted by Crippen LogP contribution is 2.39. The van der Waals surface area contributed by atoms with Crippen LogP contribution in [0, 0.1) is 0 Å². The number of rotatable bonds is 7. The van der Waals surface area contributed by atoms with Gasteiger partial charge in [-0.1, -0.05) is 66.7 Å². The molecule has 4 aromatic carbocycles. The van der Waals surface area contributed by atoms with Crippen LogP contribution in [0.25, 0.3) is 0 Å². The first kappa shape index (κ1) is 28.4. The molecule has 0 bridgehead atoms. The van der Waals surface area contributed by atoms with Gasteiger partial charge in [0.15, 0.2) is 12.3 Å². The number of aliphatic hydroxyl groups is 1. The third kappa shape index (κ3) is 5.96. The second-order valence-corrected chi connectivity index (χ2v) is 10.2. The van der Waals surface area contributed by atoms with Crippen molar-refractivity contribution in [2.45, 2.75) is 32.2 Å². The molecule has 1 aliphatic heterocycles. The summed E-state index contributed by atoms with van der Waals surface area (Å²) in [5.74, 6) is -0.934. The number of carbonyl (C=O) groups excluding carboxylic acids is 3. The maximum atomic E-state index is 14.3. The molecule has 2 atom stereocenters. The Morgan fingerprint density at radius 2 is 1.36 bits per heavy atom. The molecule has 0 fully saturated rings. The van der Waals surface area contributed by atoms with Gasteiger partial charge in [-0.25, -0.2) is 4.79 Å². The van der Waals surface area contributed by atoms with Crippen molar-refractivity contribution in [2.75, 3.05) is 26.6 Å². The first-order valence-corrected chi connectivity index (χ1v) is 13.8. The molecular weight excluding hydrogens is 530 g/mol. The second-order valence-electron chi connectivity index (χ2n) is 10.2. The summed E-state index contributed by atoms with van der Waals surface area (Å²) in [5, 5.41) is 17.1. The maximum absolute atomic E-state index is 14.3. The van der Waals surface area contributed by atoms with Gasteiger partial charge in [0.05, 0.1) is 11.4 Å². The van der Waals surface area contributed by atoms with Crippen LogP contribution in [0.4, 0.5) is 33.2 Å². The molecule has 4 amide bonds. The van der Waals surface area contributed by atoms with E-state index in [-0.39, 0.29) is 18.5 Å². The lowest BCUT2D eigenvalue weighted by molar-refractivity contribution is -0.125. The predicted octanol–water partition coefficient (Wildman–Crippen LogP) is 5.12. The van der Waals surface area contributed by atoms with Crippen LogP contribution in [0.5, 0.6) is 0 Å². The van der Waals surface area contributed by atoms with Crippen LogP contribution in [-0.4, -0.2) is 47.8 Å². The second kappa shape index (κ2) is 12.6. The normalized spacial score (nSPS) is 16.4. The zero-order valence-corrected chi connectivity index (χ0v) is 23.4. The number of para-hydroxylation sites is 5. The smallest absolute Gasteiger partial charge is 0.320 e. The fourth-order valence-electron chi connectivity index (χ4n) is 5.14. The molecule has 0 aromatic heterocycles. The Hall–Kier alpha value is -5.15. The van der Waals surface area contributed by atoms with E-state index >= 15 is 0 Å². The topological polar surface area (TPSA) is 105 Å². The lowest BCUT2D eigenvalue weighted by Crippen LogP contribution is -2.59. The van der Waals surface area contributed by atoms with Crippen molar-refractivity contribution in [1.82, 2.24) is 5.32 Å². The zero-order valence-electron chi connectivity index (χ0n) is 23.4. The standard InChI is InChI=1S/C33H33N5O4/c1-23(2)37(25-16-8-4-9-17-25)29(39)22-36-27-20-12-13-21-28(27)38(26-18-10-5-11-19-26)32(41)30(31(36)40)35-33(42)34-24-14-6-3-7-15-24/h3-21,23,30,32,41H,22H2,1-2H3,(H2,34,35,42). The first-order valence-electron chi connectivity index (χ1n) is 13.8. The highest BCUT2D eigenvalue weighted by Gasteiger charge is 2.43. The summed E-state index contributed by atoms with van der Waals surface area (Å²) in [6.45, 7) is 3.50. The van der Waals surface area contributed by atoms with Crippen LogP contribution < -0.4 is 25.3 Å². The molecule has 9 nitrogen and oxygen atoms in total. The Morgan fingerprint density at radius 3 is 1.98 bits per heavy atom. The molecule has 2 unspecified atom stereocenters. The van der Waals surface area contributed by atoms with Gasteiger partial charge in [0, 0.05) is 23.1 Å². The van der Waals surface area contributed by atoms with Crippen molar-refractivity contribution in [1.29, 1.82) is 0 Å². The number of carbonyl (C=O) groups is 3. The molecule has 0 radical (unpaired) electrons. The van der Waals surface area contributed by atoms with Gasteiger partial charge in [-0.2, -0.15) is 0 Å². The molecule has 0 spiro atoms. The number of amides is 4. The van der Waals surface area contributed by atoms with Gasteiger partial charge in [0.2, 0.25) is 5.91 Å². The molecule has 5 rings (SSSR count). The third-order valence-electron chi connectivity index (χ3n) is 6.99. The fourth-order valence-corrected chi connectivity index (χ4v) is 5.14. The van der Waals surface area contributed by atoms with Gasteiger partial charge in [0.1, 0.15) is 6.54 Å². The van der Waals surface area contributed by atoms with Crippen LogP contribution >= 0.6 is 0 Å². The largest absolute Gasteiger partial charge is 0.370 e. The van der Waals surface area contributed by atoms with Gasteiger partial charge >= 0.3 is 6.03 Å². The average Bonchev–Trinajstić information content (AvgIpc) is 3.07. The number of nitrogens with one attached hydrogen (secondary N) is 2. The van der Waals surface area contributed by atoms with E-state index in [4.69, 9.17) is 0 Å². The Morgan fingerprint density at radius 1 is 0.810 bits per heavy atom.